The molecule has 2 aromatic heterocycles. The number of aryl methyl sites for hydroxylation is 1. The van der Waals surface area contributed by atoms with Crippen molar-refractivity contribution in [1.29, 1.82) is 0 Å². The summed E-state index contributed by atoms with van der Waals surface area (Å²) in [5.41, 5.74) is 7.80. The van der Waals surface area contributed by atoms with Gasteiger partial charge in [-0.2, -0.15) is 0 Å². The number of carbonyl (C=O) groups is 2. The van der Waals surface area contributed by atoms with Crippen LogP contribution in [0.2, 0.25) is 0 Å². The van der Waals surface area contributed by atoms with Gasteiger partial charge in [0, 0.05) is 38.1 Å². The molecule has 8 heteroatoms. The summed E-state index contributed by atoms with van der Waals surface area (Å²) in [6, 6.07) is 15.8. The minimum Gasteiger partial charge on any atom is -0.368 e. The third-order valence-corrected chi connectivity index (χ3v) is 5.44. The van der Waals surface area contributed by atoms with E-state index in [1.807, 2.05) is 60.5 Å². The summed E-state index contributed by atoms with van der Waals surface area (Å²) in [6.45, 7) is 5.05. The minimum absolute atomic E-state index is 0.105. The Balaban J connectivity index is 1.30. The van der Waals surface area contributed by atoms with Crippen LogP contribution < -0.4 is 15.6 Å². The predicted molar refractivity (Wildman–Crippen MR) is 124 cm³/mol. The Morgan fingerprint density at radius 1 is 1.00 bits per heavy atom. The van der Waals surface area contributed by atoms with Crippen LogP contribution in [0, 0.1) is 6.92 Å². The molecule has 1 aromatic carbocycles. The van der Waals surface area contributed by atoms with Crippen LogP contribution in [-0.2, 0) is 16.0 Å². The molecule has 2 N–H and O–H groups in total. The van der Waals surface area contributed by atoms with E-state index in [4.69, 9.17) is 0 Å². The summed E-state index contributed by atoms with van der Waals surface area (Å²) in [6.07, 6.45) is 4.55. The molecule has 0 spiro atoms. The summed E-state index contributed by atoms with van der Waals surface area (Å²) in [5, 5.41) is 4.75. The molecule has 0 saturated carbocycles. The second-order valence-corrected chi connectivity index (χ2v) is 7.73. The maximum Gasteiger partial charge on any atom is 0.229 e. The van der Waals surface area contributed by atoms with Gasteiger partial charge >= 0.3 is 0 Å². The average molecular weight is 431 g/mol. The van der Waals surface area contributed by atoms with E-state index in [1.54, 1.807) is 12.4 Å². The van der Waals surface area contributed by atoms with Crippen LogP contribution in [0.3, 0.4) is 0 Å². The second-order valence-electron chi connectivity index (χ2n) is 7.73. The van der Waals surface area contributed by atoms with Gasteiger partial charge in [0.2, 0.25) is 12.3 Å². The maximum absolute atomic E-state index is 12.5. The zero-order valence-electron chi connectivity index (χ0n) is 18.0. The molecule has 8 nitrogen and oxygen atoms in total. The zero-order chi connectivity index (χ0) is 22.3. The van der Waals surface area contributed by atoms with Crippen LogP contribution in [0.4, 0.5) is 11.5 Å². The summed E-state index contributed by atoms with van der Waals surface area (Å²) < 4.78 is 0. The van der Waals surface area contributed by atoms with Crippen molar-refractivity contribution in [3.05, 3.63) is 72.2 Å². The zero-order valence-corrected chi connectivity index (χ0v) is 18.0. The normalized spacial score (nSPS) is 14.1. The van der Waals surface area contributed by atoms with Crippen molar-refractivity contribution < 1.29 is 9.59 Å². The van der Waals surface area contributed by atoms with E-state index >= 15 is 0 Å². The Bertz CT molecular complexity index is 1060. The van der Waals surface area contributed by atoms with Crippen LogP contribution in [0.1, 0.15) is 11.3 Å². The fourth-order valence-corrected chi connectivity index (χ4v) is 3.73. The number of hydrogen-bond acceptors (Lipinski definition) is 6. The maximum atomic E-state index is 12.5. The number of piperazine rings is 1. The molecule has 4 rings (SSSR count). The number of aromatic nitrogens is 2. The standard InChI is InChI=1S/C24H26N6O2/c1-18-14-21(8-9-25-18)20-4-2-19(3-5-20)15-24(32)28-23-7-6-22(16-26-23)29-10-12-30(13-11-29)27-17-31/h2-9,14,16-17H,10-13,15H2,1H3,(H,27,31)(H,26,28,32). The molecule has 32 heavy (non-hydrogen) atoms. The molecule has 1 aliphatic rings. The van der Waals surface area contributed by atoms with Gasteiger partial charge in [-0.3, -0.25) is 20.0 Å². The summed E-state index contributed by atoms with van der Waals surface area (Å²) in [7, 11) is 0. The first-order valence-electron chi connectivity index (χ1n) is 10.6. The number of carbonyl (C=O) groups excluding carboxylic acids is 2. The number of nitrogens with one attached hydrogen (secondary N) is 2. The van der Waals surface area contributed by atoms with Gasteiger partial charge in [0.05, 0.1) is 18.3 Å². The van der Waals surface area contributed by atoms with E-state index in [2.05, 4.69) is 25.6 Å². The van der Waals surface area contributed by atoms with E-state index in [-0.39, 0.29) is 12.3 Å². The highest BCUT2D eigenvalue weighted by molar-refractivity contribution is 5.91. The van der Waals surface area contributed by atoms with Gasteiger partial charge in [-0.05, 0) is 47.9 Å². The second kappa shape index (κ2) is 10.0. The van der Waals surface area contributed by atoms with E-state index in [1.165, 1.54) is 0 Å². The Labute approximate surface area is 187 Å². The fourth-order valence-electron chi connectivity index (χ4n) is 3.73. The molecule has 3 aromatic rings. The lowest BCUT2D eigenvalue weighted by atomic mass is 10.0. The average Bonchev–Trinajstić information content (AvgIpc) is 2.81. The lowest BCUT2D eigenvalue weighted by molar-refractivity contribution is -0.115. The van der Waals surface area contributed by atoms with Gasteiger partial charge in [-0.15, -0.1) is 0 Å². The topological polar surface area (TPSA) is 90.5 Å². The van der Waals surface area contributed by atoms with E-state index in [0.29, 0.717) is 12.2 Å². The van der Waals surface area contributed by atoms with Crippen LogP contribution in [0.25, 0.3) is 11.1 Å². The molecule has 3 heterocycles. The van der Waals surface area contributed by atoms with Crippen LogP contribution in [0.5, 0.6) is 0 Å². The van der Waals surface area contributed by atoms with Gasteiger partial charge < -0.3 is 10.2 Å². The van der Waals surface area contributed by atoms with Crippen molar-refractivity contribution in [2.24, 2.45) is 0 Å². The molecule has 1 fully saturated rings. The SMILES string of the molecule is Cc1cc(-c2ccc(CC(=O)Nc3ccc(N4CCN(NC=O)CC4)cn3)cc2)ccn1. The first-order valence-corrected chi connectivity index (χ1v) is 10.6. The van der Waals surface area contributed by atoms with Gasteiger partial charge in [0.25, 0.3) is 0 Å². The lowest BCUT2D eigenvalue weighted by Crippen LogP contribution is -2.51. The van der Waals surface area contributed by atoms with Gasteiger partial charge in [0.15, 0.2) is 0 Å². The van der Waals surface area contributed by atoms with Gasteiger partial charge in [-0.1, -0.05) is 24.3 Å². The van der Waals surface area contributed by atoms with Crippen molar-refractivity contribution in [2.45, 2.75) is 13.3 Å². The Morgan fingerprint density at radius 2 is 1.78 bits per heavy atom. The third-order valence-electron chi connectivity index (χ3n) is 5.44. The molecule has 164 valence electrons. The van der Waals surface area contributed by atoms with Crippen LogP contribution in [-0.4, -0.2) is 53.5 Å². The molecular weight excluding hydrogens is 404 g/mol. The highest BCUT2D eigenvalue weighted by Crippen LogP contribution is 2.21. The van der Waals surface area contributed by atoms with Crippen molar-refractivity contribution >= 4 is 23.8 Å². The smallest absolute Gasteiger partial charge is 0.229 e. The molecule has 0 unspecified atom stereocenters. The molecule has 2 amide bonds. The number of amides is 2. The first kappa shape index (κ1) is 21.5. The quantitative estimate of drug-likeness (QED) is 0.560. The Hall–Kier alpha value is -3.78. The largest absolute Gasteiger partial charge is 0.368 e. The number of hydrazine groups is 1. The Kier molecular flexibility index (Phi) is 6.72. The van der Waals surface area contributed by atoms with Crippen molar-refractivity contribution in [1.82, 2.24) is 20.4 Å². The van der Waals surface area contributed by atoms with Crippen molar-refractivity contribution in [2.75, 3.05) is 36.4 Å². The highest BCUT2D eigenvalue weighted by atomic mass is 16.1. The van der Waals surface area contributed by atoms with E-state index in [9.17, 15) is 9.59 Å². The Morgan fingerprint density at radius 3 is 2.44 bits per heavy atom. The van der Waals surface area contributed by atoms with Gasteiger partial charge in [-0.25, -0.2) is 9.99 Å². The summed E-state index contributed by atoms with van der Waals surface area (Å²) in [4.78, 5) is 33.8. The number of pyridine rings is 2. The number of hydrogen-bond donors (Lipinski definition) is 2. The molecule has 0 radical (unpaired) electrons. The number of nitrogens with zero attached hydrogens (tertiary/aromatic N) is 4. The number of benzene rings is 1. The summed E-state index contributed by atoms with van der Waals surface area (Å²) in [5.74, 6) is 0.426. The monoisotopic (exact) mass is 430 g/mol. The van der Waals surface area contributed by atoms with Crippen molar-refractivity contribution in [3.63, 3.8) is 0 Å². The van der Waals surface area contributed by atoms with Crippen molar-refractivity contribution in [3.8, 4) is 11.1 Å². The van der Waals surface area contributed by atoms with E-state index in [0.717, 1.165) is 54.3 Å². The number of rotatable bonds is 7. The van der Waals surface area contributed by atoms with Crippen LogP contribution >= 0.6 is 0 Å². The molecule has 0 aliphatic carbocycles. The fraction of sp³-hybridized carbons (Fsp3) is 0.250. The molecule has 1 saturated heterocycles. The van der Waals surface area contributed by atoms with Gasteiger partial charge in [0.1, 0.15) is 5.82 Å². The first-order chi connectivity index (χ1) is 15.6. The van der Waals surface area contributed by atoms with E-state index < -0.39 is 0 Å². The minimum atomic E-state index is -0.105. The predicted octanol–water partition coefficient (Wildman–Crippen LogP) is 2.42. The summed E-state index contributed by atoms with van der Waals surface area (Å²) >= 11 is 0. The molecule has 1 aliphatic heterocycles. The highest BCUT2D eigenvalue weighted by Gasteiger charge is 2.17. The van der Waals surface area contributed by atoms with Crippen LogP contribution in [0.15, 0.2) is 60.9 Å². The lowest BCUT2D eigenvalue weighted by Gasteiger charge is -2.35. The number of anilines is 2. The third kappa shape index (κ3) is 5.47. The molecule has 0 atom stereocenters. The molecular formula is C24H26N6O2. The molecule has 0 bridgehead atoms.